The maximum atomic E-state index is 9.96. The highest BCUT2D eigenvalue weighted by molar-refractivity contribution is 6.14. The minimum Gasteiger partial charge on any atom is -0.454 e. The van der Waals surface area contributed by atoms with E-state index in [1.54, 1.807) is 0 Å². The van der Waals surface area contributed by atoms with Gasteiger partial charge in [-0.05, 0) is 59.5 Å². The molecule has 162 valence electrons. The zero-order valence-electron chi connectivity index (χ0n) is 19.4. The highest BCUT2D eigenvalue weighted by atomic mass is 16.3. The standard InChI is InChI=1S/C31H23N2O/c1-19-11-14-25-26-17-24(18-32)20(2)29(23-13-12-21-8-4-5-9-22(21)16-23)31(26)34-30(25)28(19)27-10-6-7-15-33(27)3/h4-17H,1-3H3/q+1. The molecule has 6 aromatic rings. The first-order chi connectivity index (χ1) is 16.6. The second-order valence-corrected chi connectivity index (χ2v) is 8.91. The maximum Gasteiger partial charge on any atom is 0.216 e. The second-order valence-electron chi connectivity index (χ2n) is 8.91. The van der Waals surface area contributed by atoms with E-state index >= 15 is 0 Å². The Kier molecular flexibility index (Phi) is 4.50. The largest absolute Gasteiger partial charge is 0.454 e. The predicted molar refractivity (Wildman–Crippen MR) is 137 cm³/mol. The molecule has 0 unspecified atom stereocenters. The van der Waals surface area contributed by atoms with Gasteiger partial charge in [0.15, 0.2) is 6.20 Å². The molecule has 4 aromatic carbocycles. The third-order valence-electron chi connectivity index (χ3n) is 6.87. The van der Waals surface area contributed by atoms with Crippen LogP contribution in [0.15, 0.2) is 89.5 Å². The Labute approximate surface area is 198 Å². The molecule has 6 rings (SSSR count). The predicted octanol–water partition coefficient (Wildman–Crippen LogP) is 7.39. The molecule has 34 heavy (non-hydrogen) atoms. The van der Waals surface area contributed by atoms with E-state index in [-0.39, 0.29) is 0 Å². The van der Waals surface area contributed by atoms with Gasteiger partial charge in [-0.25, -0.2) is 4.57 Å². The van der Waals surface area contributed by atoms with Crippen molar-refractivity contribution in [1.29, 1.82) is 5.26 Å². The third-order valence-corrected chi connectivity index (χ3v) is 6.87. The summed E-state index contributed by atoms with van der Waals surface area (Å²) in [7, 11) is 2.05. The van der Waals surface area contributed by atoms with Crippen LogP contribution in [-0.2, 0) is 7.05 Å². The van der Waals surface area contributed by atoms with Gasteiger partial charge < -0.3 is 4.42 Å². The summed E-state index contributed by atoms with van der Waals surface area (Å²) in [5.41, 5.74) is 8.65. The lowest BCUT2D eigenvalue weighted by atomic mass is 9.92. The Morgan fingerprint density at radius 2 is 1.53 bits per heavy atom. The van der Waals surface area contributed by atoms with Crippen molar-refractivity contribution in [1.82, 2.24) is 0 Å². The monoisotopic (exact) mass is 439 g/mol. The van der Waals surface area contributed by atoms with Gasteiger partial charge in [0.05, 0.1) is 17.2 Å². The molecule has 0 aliphatic rings. The van der Waals surface area contributed by atoms with Crippen molar-refractivity contribution >= 4 is 32.7 Å². The lowest BCUT2D eigenvalue weighted by Gasteiger charge is -2.10. The molecule has 0 saturated carbocycles. The lowest BCUT2D eigenvalue weighted by molar-refractivity contribution is -0.660. The van der Waals surface area contributed by atoms with Crippen molar-refractivity contribution in [3.8, 4) is 28.5 Å². The first-order valence-electron chi connectivity index (χ1n) is 11.4. The highest BCUT2D eigenvalue weighted by Crippen LogP contribution is 2.43. The number of nitriles is 1. The molecule has 2 heterocycles. The number of hydrogen-bond acceptors (Lipinski definition) is 2. The molecule has 0 aliphatic carbocycles. The van der Waals surface area contributed by atoms with Gasteiger partial charge in [0.25, 0.3) is 0 Å². The van der Waals surface area contributed by atoms with Crippen LogP contribution in [0, 0.1) is 25.2 Å². The maximum absolute atomic E-state index is 9.96. The highest BCUT2D eigenvalue weighted by Gasteiger charge is 2.23. The van der Waals surface area contributed by atoms with Crippen LogP contribution in [-0.4, -0.2) is 0 Å². The molecule has 0 fully saturated rings. The summed E-state index contributed by atoms with van der Waals surface area (Å²) in [5.74, 6) is 0. The molecule has 0 aliphatic heterocycles. The Morgan fingerprint density at radius 3 is 2.32 bits per heavy atom. The number of aryl methyl sites for hydroxylation is 2. The fraction of sp³-hybridized carbons (Fsp3) is 0.0968. The summed E-state index contributed by atoms with van der Waals surface area (Å²) in [4.78, 5) is 0. The number of rotatable bonds is 2. The van der Waals surface area contributed by atoms with E-state index in [2.05, 4.69) is 97.5 Å². The second kappa shape index (κ2) is 7.57. The van der Waals surface area contributed by atoms with Crippen LogP contribution in [0.5, 0.6) is 0 Å². The van der Waals surface area contributed by atoms with Gasteiger partial charge in [0, 0.05) is 28.5 Å². The first-order valence-corrected chi connectivity index (χ1v) is 11.4. The van der Waals surface area contributed by atoms with Crippen LogP contribution in [0.4, 0.5) is 0 Å². The summed E-state index contributed by atoms with van der Waals surface area (Å²) in [5, 5.41) is 14.3. The minimum atomic E-state index is 0.672. The van der Waals surface area contributed by atoms with Gasteiger partial charge in [-0.3, -0.25) is 0 Å². The van der Waals surface area contributed by atoms with E-state index in [4.69, 9.17) is 4.42 Å². The normalized spacial score (nSPS) is 11.4. The lowest BCUT2D eigenvalue weighted by Crippen LogP contribution is -2.30. The van der Waals surface area contributed by atoms with E-state index in [0.29, 0.717) is 5.56 Å². The van der Waals surface area contributed by atoms with Crippen LogP contribution in [0.1, 0.15) is 16.7 Å². The van der Waals surface area contributed by atoms with E-state index in [0.717, 1.165) is 55.4 Å². The van der Waals surface area contributed by atoms with Crippen molar-refractivity contribution in [2.24, 2.45) is 7.05 Å². The zero-order chi connectivity index (χ0) is 23.4. The number of pyridine rings is 1. The molecule has 0 atom stereocenters. The van der Waals surface area contributed by atoms with Crippen LogP contribution in [0.2, 0.25) is 0 Å². The topological polar surface area (TPSA) is 40.8 Å². The average Bonchev–Trinajstić information content (AvgIpc) is 3.21. The quantitative estimate of drug-likeness (QED) is 0.264. The Bertz CT molecular complexity index is 1800. The molecule has 0 spiro atoms. The molecular weight excluding hydrogens is 416 g/mol. The molecule has 0 amide bonds. The van der Waals surface area contributed by atoms with Crippen molar-refractivity contribution in [2.45, 2.75) is 13.8 Å². The summed E-state index contributed by atoms with van der Waals surface area (Å²) in [6, 6.07) is 29.6. The molecule has 0 N–H and O–H groups in total. The molecule has 0 bridgehead atoms. The zero-order valence-corrected chi connectivity index (χ0v) is 19.4. The van der Waals surface area contributed by atoms with Gasteiger partial charge in [0.2, 0.25) is 5.69 Å². The van der Waals surface area contributed by atoms with Gasteiger partial charge in [0.1, 0.15) is 18.2 Å². The number of nitrogens with zero attached hydrogens (tertiary/aromatic N) is 2. The summed E-state index contributed by atoms with van der Waals surface area (Å²) >= 11 is 0. The van der Waals surface area contributed by atoms with Gasteiger partial charge >= 0.3 is 0 Å². The molecule has 3 nitrogen and oxygen atoms in total. The fourth-order valence-electron chi connectivity index (χ4n) is 5.08. The van der Waals surface area contributed by atoms with Gasteiger partial charge in [-0.2, -0.15) is 5.26 Å². The molecule has 3 heteroatoms. The van der Waals surface area contributed by atoms with Crippen molar-refractivity contribution in [3.63, 3.8) is 0 Å². The smallest absolute Gasteiger partial charge is 0.216 e. The molecule has 0 saturated heterocycles. The number of furan rings is 1. The molecule has 2 aromatic heterocycles. The number of benzene rings is 4. The number of hydrogen-bond donors (Lipinski definition) is 0. The van der Waals surface area contributed by atoms with E-state index in [9.17, 15) is 5.26 Å². The number of fused-ring (bicyclic) bond motifs is 4. The van der Waals surface area contributed by atoms with Gasteiger partial charge in [-0.1, -0.05) is 48.5 Å². The fourth-order valence-corrected chi connectivity index (χ4v) is 5.08. The Balaban J connectivity index is 1.75. The van der Waals surface area contributed by atoms with E-state index in [1.807, 2.05) is 19.1 Å². The van der Waals surface area contributed by atoms with Crippen LogP contribution < -0.4 is 4.57 Å². The van der Waals surface area contributed by atoms with Crippen LogP contribution in [0.25, 0.3) is 55.1 Å². The summed E-state index contributed by atoms with van der Waals surface area (Å²) in [6.07, 6.45) is 2.05. The van der Waals surface area contributed by atoms with E-state index in [1.165, 1.54) is 10.8 Å². The minimum absolute atomic E-state index is 0.672. The van der Waals surface area contributed by atoms with Gasteiger partial charge in [-0.15, -0.1) is 0 Å². The van der Waals surface area contributed by atoms with Crippen LogP contribution in [0.3, 0.4) is 0 Å². The SMILES string of the molecule is Cc1ccc2c(oc3c(-c4ccc5ccccc5c4)c(C)c(C#N)cc32)c1-c1cccc[n+]1C. The number of aromatic nitrogens is 1. The van der Waals surface area contributed by atoms with Crippen molar-refractivity contribution in [3.05, 3.63) is 102 Å². The summed E-state index contributed by atoms with van der Waals surface area (Å²) in [6.45, 7) is 4.13. The van der Waals surface area contributed by atoms with Crippen LogP contribution >= 0.6 is 0 Å². The first kappa shape index (κ1) is 20.2. The van der Waals surface area contributed by atoms with Crippen molar-refractivity contribution in [2.75, 3.05) is 0 Å². The molecule has 0 radical (unpaired) electrons. The average molecular weight is 440 g/mol. The molecular formula is C31H23N2O+. The van der Waals surface area contributed by atoms with E-state index < -0.39 is 0 Å². The van der Waals surface area contributed by atoms with Crippen molar-refractivity contribution < 1.29 is 8.98 Å². The Morgan fingerprint density at radius 1 is 0.765 bits per heavy atom. The summed E-state index contributed by atoms with van der Waals surface area (Å²) < 4.78 is 8.85. The third kappa shape index (κ3) is 2.93. The Hall–Kier alpha value is -4.42.